The predicted octanol–water partition coefficient (Wildman–Crippen LogP) is 2.98. The highest BCUT2D eigenvalue weighted by Crippen LogP contribution is 2.14. The molecule has 2 fully saturated rings. The fraction of sp³-hybridized carbons (Fsp3) is 0.522. The van der Waals surface area contributed by atoms with E-state index >= 15 is 0 Å². The Morgan fingerprint density at radius 2 is 1.55 bits per heavy atom. The SMILES string of the molecule is CN=C(NCc1ccc(CN2CCCCC2)cc1)N1CCN(c2ncccn2)CC1.I. The molecular weight excluding hydrogens is 501 g/mol. The van der Waals surface area contributed by atoms with Crippen LogP contribution in [0.2, 0.25) is 0 Å². The highest BCUT2D eigenvalue weighted by atomic mass is 127. The minimum absolute atomic E-state index is 0. The van der Waals surface area contributed by atoms with Crippen molar-refractivity contribution in [3.63, 3.8) is 0 Å². The van der Waals surface area contributed by atoms with Gasteiger partial charge in [-0.15, -0.1) is 24.0 Å². The smallest absolute Gasteiger partial charge is 0.225 e. The second-order valence-corrected chi connectivity index (χ2v) is 8.08. The minimum Gasteiger partial charge on any atom is -0.352 e. The molecule has 1 aromatic heterocycles. The number of piperidine rings is 1. The van der Waals surface area contributed by atoms with Gasteiger partial charge in [0.1, 0.15) is 0 Å². The van der Waals surface area contributed by atoms with Gasteiger partial charge in [-0.3, -0.25) is 9.89 Å². The van der Waals surface area contributed by atoms with E-state index < -0.39 is 0 Å². The molecule has 8 heteroatoms. The Morgan fingerprint density at radius 1 is 0.903 bits per heavy atom. The Kier molecular flexibility index (Phi) is 9.32. The third-order valence-corrected chi connectivity index (χ3v) is 5.95. The van der Waals surface area contributed by atoms with E-state index in [2.05, 4.69) is 59.2 Å². The molecule has 1 aromatic carbocycles. The largest absolute Gasteiger partial charge is 0.352 e. The van der Waals surface area contributed by atoms with E-state index in [0.29, 0.717) is 0 Å². The average Bonchev–Trinajstić information content (AvgIpc) is 2.82. The van der Waals surface area contributed by atoms with Crippen molar-refractivity contribution in [3.8, 4) is 0 Å². The zero-order valence-corrected chi connectivity index (χ0v) is 20.7. The Balaban J connectivity index is 0.00000272. The van der Waals surface area contributed by atoms with E-state index in [1.54, 1.807) is 12.4 Å². The van der Waals surface area contributed by atoms with Crippen LogP contribution in [0.25, 0.3) is 0 Å². The molecule has 0 aliphatic carbocycles. The molecule has 2 aromatic rings. The first-order valence-electron chi connectivity index (χ1n) is 11.1. The minimum atomic E-state index is 0. The van der Waals surface area contributed by atoms with Crippen molar-refractivity contribution in [2.24, 2.45) is 4.99 Å². The van der Waals surface area contributed by atoms with Gasteiger partial charge in [0, 0.05) is 58.7 Å². The van der Waals surface area contributed by atoms with Crippen LogP contribution in [0.1, 0.15) is 30.4 Å². The lowest BCUT2D eigenvalue weighted by Crippen LogP contribution is -2.52. The molecule has 0 spiro atoms. The molecule has 0 atom stereocenters. The van der Waals surface area contributed by atoms with Crippen molar-refractivity contribution in [2.45, 2.75) is 32.4 Å². The number of rotatable bonds is 5. The summed E-state index contributed by atoms with van der Waals surface area (Å²) in [6.07, 6.45) is 7.67. The maximum atomic E-state index is 4.49. The average molecular weight is 535 g/mol. The van der Waals surface area contributed by atoms with Crippen LogP contribution in [0.15, 0.2) is 47.7 Å². The van der Waals surface area contributed by atoms with Gasteiger partial charge in [0.25, 0.3) is 0 Å². The maximum absolute atomic E-state index is 4.49. The van der Waals surface area contributed by atoms with E-state index in [1.165, 1.54) is 43.5 Å². The van der Waals surface area contributed by atoms with Gasteiger partial charge in [-0.1, -0.05) is 30.7 Å². The number of anilines is 1. The Labute approximate surface area is 203 Å². The number of aromatic nitrogens is 2. The fourth-order valence-corrected chi connectivity index (χ4v) is 4.22. The number of nitrogens with one attached hydrogen (secondary N) is 1. The van der Waals surface area contributed by atoms with Gasteiger partial charge in [-0.25, -0.2) is 9.97 Å². The summed E-state index contributed by atoms with van der Waals surface area (Å²) in [4.78, 5) is 20.3. The molecule has 4 rings (SSSR count). The number of guanidine groups is 1. The molecule has 31 heavy (non-hydrogen) atoms. The number of piperazine rings is 1. The summed E-state index contributed by atoms with van der Waals surface area (Å²) >= 11 is 0. The van der Waals surface area contributed by atoms with Gasteiger partial charge in [0.2, 0.25) is 5.95 Å². The molecule has 2 aliphatic rings. The van der Waals surface area contributed by atoms with Gasteiger partial charge in [-0.2, -0.15) is 0 Å². The summed E-state index contributed by atoms with van der Waals surface area (Å²) in [6.45, 7) is 7.96. The number of benzene rings is 1. The Bertz CT molecular complexity index is 798. The Hall–Kier alpha value is -1.94. The van der Waals surface area contributed by atoms with E-state index in [0.717, 1.165) is 51.2 Å². The molecule has 0 saturated carbocycles. The van der Waals surface area contributed by atoms with Crippen molar-refractivity contribution in [1.29, 1.82) is 0 Å². The number of hydrogen-bond acceptors (Lipinski definition) is 5. The van der Waals surface area contributed by atoms with Crippen LogP contribution in [0.3, 0.4) is 0 Å². The first-order chi connectivity index (χ1) is 14.8. The summed E-state index contributed by atoms with van der Waals surface area (Å²) in [6, 6.07) is 10.9. The molecule has 0 radical (unpaired) electrons. The number of halogens is 1. The normalized spacial score (nSPS) is 17.9. The third-order valence-electron chi connectivity index (χ3n) is 5.95. The molecule has 0 unspecified atom stereocenters. The van der Waals surface area contributed by atoms with Crippen LogP contribution in [0, 0.1) is 0 Å². The quantitative estimate of drug-likeness (QED) is 0.361. The van der Waals surface area contributed by atoms with E-state index in [4.69, 9.17) is 0 Å². The second kappa shape index (κ2) is 12.2. The molecule has 2 saturated heterocycles. The Morgan fingerprint density at radius 3 is 2.19 bits per heavy atom. The van der Waals surface area contributed by atoms with Gasteiger partial charge >= 0.3 is 0 Å². The topological polar surface area (TPSA) is 59.9 Å². The van der Waals surface area contributed by atoms with E-state index in [-0.39, 0.29) is 24.0 Å². The van der Waals surface area contributed by atoms with Gasteiger partial charge in [0.05, 0.1) is 0 Å². The zero-order chi connectivity index (χ0) is 20.6. The molecular formula is C23H34IN7. The molecule has 1 N–H and O–H groups in total. The predicted molar refractivity (Wildman–Crippen MR) is 137 cm³/mol. The molecule has 0 amide bonds. The van der Waals surface area contributed by atoms with Crippen LogP contribution in [-0.2, 0) is 13.1 Å². The first kappa shape index (κ1) is 23.7. The summed E-state index contributed by atoms with van der Waals surface area (Å²) in [7, 11) is 1.86. The fourth-order valence-electron chi connectivity index (χ4n) is 4.22. The van der Waals surface area contributed by atoms with Crippen LogP contribution in [0.5, 0.6) is 0 Å². The summed E-state index contributed by atoms with van der Waals surface area (Å²) < 4.78 is 0. The van der Waals surface area contributed by atoms with Crippen molar-refractivity contribution in [3.05, 3.63) is 53.9 Å². The lowest BCUT2D eigenvalue weighted by molar-refractivity contribution is 0.221. The van der Waals surface area contributed by atoms with Crippen molar-refractivity contribution >= 4 is 35.9 Å². The number of likely N-dealkylation sites (tertiary alicyclic amines) is 1. The van der Waals surface area contributed by atoms with Crippen molar-refractivity contribution in [1.82, 2.24) is 25.1 Å². The van der Waals surface area contributed by atoms with Gasteiger partial charge < -0.3 is 15.1 Å². The standard InChI is InChI=1S/C23H33N7.HI/c1-24-22(29-14-16-30(17-15-29)23-25-10-5-11-26-23)27-18-20-6-8-21(9-7-20)19-28-12-3-2-4-13-28;/h5-11H,2-4,12-19H2,1H3,(H,24,27);1H. The summed E-state index contributed by atoms with van der Waals surface area (Å²) in [5, 5.41) is 3.53. The molecule has 7 nitrogen and oxygen atoms in total. The second-order valence-electron chi connectivity index (χ2n) is 8.08. The van der Waals surface area contributed by atoms with Crippen molar-refractivity contribution < 1.29 is 0 Å². The van der Waals surface area contributed by atoms with E-state index in [9.17, 15) is 0 Å². The van der Waals surface area contributed by atoms with Gasteiger partial charge in [-0.05, 0) is 43.1 Å². The number of aliphatic imine (C=N–C) groups is 1. The lowest BCUT2D eigenvalue weighted by atomic mass is 10.1. The molecule has 168 valence electrons. The summed E-state index contributed by atoms with van der Waals surface area (Å²) in [5.74, 6) is 1.77. The number of hydrogen-bond donors (Lipinski definition) is 1. The van der Waals surface area contributed by atoms with Crippen LogP contribution < -0.4 is 10.2 Å². The first-order valence-corrected chi connectivity index (χ1v) is 11.1. The zero-order valence-electron chi connectivity index (χ0n) is 18.4. The lowest BCUT2D eigenvalue weighted by Gasteiger charge is -2.36. The molecule has 2 aliphatic heterocycles. The van der Waals surface area contributed by atoms with Crippen LogP contribution in [-0.4, -0.2) is 72.0 Å². The maximum Gasteiger partial charge on any atom is 0.225 e. The van der Waals surface area contributed by atoms with Crippen molar-refractivity contribution in [2.75, 3.05) is 51.2 Å². The monoisotopic (exact) mass is 535 g/mol. The highest BCUT2D eigenvalue weighted by Gasteiger charge is 2.21. The molecule has 0 bridgehead atoms. The number of nitrogens with zero attached hydrogens (tertiary/aromatic N) is 6. The third kappa shape index (κ3) is 6.77. The molecule has 3 heterocycles. The van der Waals surface area contributed by atoms with E-state index in [1.807, 2.05) is 13.1 Å². The van der Waals surface area contributed by atoms with Gasteiger partial charge in [0.15, 0.2) is 5.96 Å². The van der Waals surface area contributed by atoms with Crippen LogP contribution >= 0.6 is 24.0 Å². The summed E-state index contributed by atoms with van der Waals surface area (Å²) in [5.41, 5.74) is 2.69. The van der Waals surface area contributed by atoms with Crippen LogP contribution in [0.4, 0.5) is 5.95 Å². The highest BCUT2D eigenvalue weighted by molar-refractivity contribution is 14.0.